The highest BCUT2D eigenvalue weighted by Crippen LogP contribution is 2.21. The van der Waals surface area contributed by atoms with E-state index in [9.17, 15) is 9.59 Å². The molecule has 0 fully saturated rings. The van der Waals surface area contributed by atoms with Gasteiger partial charge >= 0.3 is 0 Å². The van der Waals surface area contributed by atoms with Crippen molar-refractivity contribution in [1.29, 1.82) is 0 Å². The number of hydrogen-bond donors (Lipinski definition) is 0. The van der Waals surface area contributed by atoms with Crippen molar-refractivity contribution >= 4 is 46.4 Å². The second-order valence-corrected chi connectivity index (χ2v) is 8.85. The minimum atomic E-state index is -0.326. The van der Waals surface area contributed by atoms with Crippen LogP contribution >= 0.6 is 34.5 Å². The molecule has 7 heteroatoms. The van der Waals surface area contributed by atoms with Gasteiger partial charge in [-0.2, -0.15) is 0 Å². The lowest BCUT2D eigenvalue weighted by atomic mass is 10.2. The van der Waals surface area contributed by atoms with E-state index in [2.05, 4.69) is 6.58 Å². The smallest absolute Gasteiger partial charge is 0.254 e. The maximum absolute atomic E-state index is 13.3. The van der Waals surface area contributed by atoms with Crippen molar-refractivity contribution in [3.05, 3.63) is 105 Å². The molecule has 0 saturated carbocycles. The Balaban J connectivity index is 1.80. The number of amides is 2. The summed E-state index contributed by atoms with van der Waals surface area (Å²) in [6.07, 6.45) is 1.60. The Kier molecular flexibility index (Phi) is 8.29. The molecule has 3 aromatic rings. The third kappa shape index (κ3) is 6.69. The second kappa shape index (κ2) is 11.1. The number of carbonyl (C=O) groups is 2. The van der Waals surface area contributed by atoms with Gasteiger partial charge in [-0.3, -0.25) is 9.59 Å². The minimum Gasteiger partial charge on any atom is -0.332 e. The predicted molar refractivity (Wildman–Crippen MR) is 128 cm³/mol. The quantitative estimate of drug-likeness (QED) is 0.363. The first kappa shape index (κ1) is 23.1. The van der Waals surface area contributed by atoms with Crippen LogP contribution in [-0.2, 0) is 17.9 Å². The Labute approximate surface area is 196 Å². The molecular formula is C24H22Cl2N2O2S. The summed E-state index contributed by atoms with van der Waals surface area (Å²) in [7, 11) is 0. The highest BCUT2D eigenvalue weighted by atomic mass is 35.5. The zero-order valence-electron chi connectivity index (χ0n) is 16.8. The van der Waals surface area contributed by atoms with Crippen LogP contribution in [-0.4, -0.2) is 34.7 Å². The standard InChI is InChI=1S/C24H22Cl2N2O2S/c1-2-10-27(24(30)19-12-20(25)14-21(26)13-19)17-23(29)28(16-22-9-6-11-31-22)15-18-7-4-3-5-8-18/h2-9,11-14H,1,10,15-17H2. The highest BCUT2D eigenvalue weighted by Gasteiger charge is 2.23. The van der Waals surface area contributed by atoms with Crippen LogP contribution in [0.2, 0.25) is 10.0 Å². The van der Waals surface area contributed by atoms with Gasteiger partial charge in [-0.05, 0) is 35.2 Å². The number of nitrogens with zero attached hydrogens (tertiary/aromatic N) is 2. The van der Waals surface area contributed by atoms with Crippen LogP contribution in [0, 0.1) is 0 Å². The third-order valence-corrected chi connectivity index (χ3v) is 5.87. The SMILES string of the molecule is C=CCN(CC(=O)N(Cc1ccccc1)Cc1cccs1)C(=O)c1cc(Cl)cc(Cl)c1. The molecule has 31 heavy (non-hydrogen) atoms. The van der Waals surface area contributed by atoms with Gasteiger partial charge in [0.25, 0.3) is 5.91 Å². The lowest BCUT2D eigenvalue weighted by Crippen LogP contribution is -2.42. The van der Waals surface area contributed by atoms with Crippen molar-refractivity contribution in [1.82, 2.24) is 9.80 Å². The van der Waals surface area contributed by atoms with Gasteiger partial charge in [-0.1, -0.05) is 65.7 Å². The van der Waals surface area contributed by atoms with Gasteiger partial charge in [0.2, 0.25) is 5.91 Å². The van der Waals surface area contributed by atoms with E-state index in [1.807, 2.05) is 47.8 Å². The van der Waals surface area contributed by atoms with Gasteiger partial charge < -0.3 is 9.80 Å². The fourth-order valence-corrected chi connectivity index (χ4v) is 4.37. The molecule has 160 valence electrons. The molecule has 2 amide bonds. The summed E-state index contributed by atoms with van der Waals surface area (Å²) in [6.45, 7) is 4.81. The number of rotatable bonds is 9. The van der Waals surface area contributed by atoms with Gasteiger partial charge in [0.15, 0.2) is 0 Å². The van der Waals surface area contributed by atoms with E-state index < -0.39 is 0 Å². The van der Waals surface area contributed by atoms with Crippen LogP contribution in [0.25, 0.3) is 0 Å². The normalized spacial score (nSPS) is 10.5. The predicted octanol–water partition coefficient (Wildman–Crippen LogP) is 5.91. The van der Waals surface area contributed by atoms with Crippen molar-refractivity contribution in [3.63, 3.8) is 0 Å². The molecule has 1 heterocycles. The molecule has 1 aromatic heterocycles. The van der Waals surface area contributed by atoms with E-state index in [4.69, 9.17) is 23.2 Å². The molecule has 2 aromatic carbocycles. The molecule has 0 bridgehead atoms. The molecule has 0 radical (unpaired) electrons. The summed E-state index contributed by atoms with van der Waals surface area (Å²) in [5.74, 6) is -0.478. The number of carbonyl (C=O) groups excluding carboxylic acids is 2. The van der Waals surface area contributed by atoms with Gasteiger partial charge in [0.05, 0.1) is 6.54 Å². The molecule has 0 spiro atoms. The van der Waals surface area contributed by atoms with Crippen LogP contribution in [0.4, 0.5) is 0 Å². The van der Waals surface area contributed by atoms with Crippen molar-refractivity contribution < 1.29 is 9.59 Å². The maximum atomic E-state index is 13.3. The van der Waals surface area contributed by atoms with Crippen LogP contribution < -0.4 is 0 Å². The van der Waals surface area contributed by atoms with E-state index >= 15 is 0 Å². The average Bonchev–Trinajstić information content (AvgIpc) is 3.25. The lowest BCUT2D eigenvalue weighted by Gasteiger charge is -2.27. The Bertz CT molecular complexity index is 1020. The van der Waals surface area contributed by atoms with Crippen LogP contribution in [0.1, 0.15) is 20.8 Å². The Morgan fingerprint density at radius 3 is 2.26 bits per heavy atom. The first-order valence-corrected chi connectivity index (χ1v) is 11.3. The summed E-state index contributed by atoms with van der Waals surface area (Å²) in [5, 5.41) is 2.71. The van der Waals surface area contributed by atoms with E-state index in [-0.39, 0.29) is 24.9 Å². The molecule has 0 aliphatic carbocycles. The molecule has 0 unspecified atom stereocenters. The van der Waals surface area contributed by atoms with Crippen LogP contribution in [0.15, 0.2) is 78.7 Å². The summed E-state index contributed by atoms with van der Waals surface area (Å²) in [6, 6.07) is 18.4. The molecule has 4 nitrogen and oxygen atoms in total. The van der Waals surface area contributed by atoms with E-state index in [0.717, 1.165) is 10.4 Å². The molecule has 0 N–H and O–H groups in total. The van der Waals surface area contributed by atoms with Gasteiger partial charge in [-0.25, -0.2) is 0 Å². The molecule has 0 aliphatic heterocycles. The fourth-order valence-electron chi connectivity index (χ4n) is 3.12. The Morgan fingerprint density at radius 1 is 0.935 bits per heavy atom. The summed E-state index contributed by atoms with van der Waals surface area (Å²) in [5.41, 5.74) is 1.36. The number of thiophene rings is 1. The average molecular weight is 473 g/mol. The zero-order valence-corrected chi connectivity index (χ0v) is 19.2. The van der Waals surface area contributed by atoms with Crippen molar-refractivity contribution in [2.75, 3.05) is 13.1 Å². The van der Waals surface area contributed by atoms with Gasteiger partial charge in [-0.15, -0.1) is 17.9 Å². The van der Waals surface area contributed by atoms with Crippen LogP contribution in [0.5, 0.6) is 0 Å². The van der Waals surface area contributed by atoms with Crippen molar-refractivity contribution in [3.8, 4) is 0 Å². The van der Waals surface area contributed by atoms with Crippen molar-refractivity contribution in [2.24, 2.45) is 0 Å². The number of hydrogen-bond acceptors (Lipinski definition) is 3. The number of halogens is 2. The van der Waals surface area contributed by atoms with E-state index in [1.54, 1.807) is 40.5 Å². The minimum absolute atomic E-state index is 0.0762. The molecular weight excluding hydrogens is 451 g/mol. The van der Waals surface area contributed by atoms with E-state index in [0.29, 0.717) is 28.7 Å². The molecule has 0 atom stereocenters. The first-order valence-electron chi connectivity index (χ1n) is 9.66. The Morgan fingerprint density at radius 2 is 1.65 bits per heavy atom. The van der Waals surface area contributed by atoms with Gasteiger partial charge in [0, 0.05) is 33.6 Å². The molecule has 3 rings (SSSR count). The highest BCUT2D eigenvalue weighted by molar-refractivity contribution is 7.09. The summed E-state index contributed by atoms with van der Waals surface area (Å²) < 4.78 is 0. The maximum Gasteiger partial charge on any atom is 0.254 e. The summed E-state index contributed by atoms with van der Waals surface area (Å²) >= 11 is 13.7. The third-order valence-electron chi connectivity index (χ3n) is 4.57. The van der Waals surface area contributed by atoms with Crippen molar-refractivity contribution in [2.45, 2.75) is 13.1 Å². The topological polar surface area (TPSA) is 40.6 Å². The first-order chi connectivity index (χ1) is 15.0. The lowest BCUT2D eigenvalue weighted by molar-refractivity contribution is -0.133. The summed E-state index contributed by atoms with van der Waals surface area (Å²) in [4.78, 5) is 30.6. The van der Waals surface area contributed by atoms with Crippen LogP contribution in [0.3, 0.4) is 0 Å². The largest absolute Gasteiger partial charge is 0.332 e. The zero-order chi connectivity index (χ0) is 22.2. The fraction of sp³-hybridized carbons (Fsp3) is 0.167. The van der Waals surface area contributed by atoms with E-state index in [1.165, 1.54) is 4.90 Å². The second-order valence-electron chi connectivity index (χ2n) is 6.95. The Hall–Kier alpha value is -2.60. The number of benzene rings is 2. The molecule has 0 saturated heterocycles. The van der Waals surface area contributed by atoms with Gasteiger partial charge in [0.1, 0.15) is 6.54 Å². The molecule has 0 aliphatic rings. The monoisotopic (exact) mass is 472 g/mol.